The number of carbonyl (C=O) groups excluding carboxylic acids is 1. The third-order valence-electron chi connectivity index (χ3n) is 3.01. The van der Waals surface area contributed by atoms with Gasteiger partial charge in [-0.15, -0.1) is 6.58 Å². The highest BCUT2D eigenvalue weighted by Gasteiger charge is 2.15. The lowest BCUT2D eigenvalue weighted by molar-refractivity contribution is -0.127. The van der Waals surface area contributed by atoms with E-state index in [4.69, 9.17) is 4.74 Å². The van der Waals surface area contributed by atoms with E-state index < -0.39 is 6.10 Å². The molecule has 0 spiro atoms. The summed E-state index contributed by atoms with van der Waals surface area (Å²) < 4.78 is 5.81. The molecule has 4 heteroatoms. The van der Waals surface area contributed by atoms with Crippen LogP contribution in [-0.4, -0.2) is 24.6 Å². The molecule has 1 unspecified atom stereocenters. The van der Waals surface area contributed by atoms with E-state index in [1.54, 1.807) is 13.0 Å². The lowest BCUT2D eigenvalue weighted by Crippen LogP contribution is -2.36. The molecule has 21 heavy (non-hydrogen) atoms. The summed E-state index contributed by atoms with van der Waals surface area (Å²) in [5.74, 6) is 0.605. The van der Waals surface area contributed by atoms with Crippen LogP contribution in [0, 0.1) is 6.92 Å². The number of hydrogen-bond acceptors (Lipinski definition) is 3. The van der Waals surface area contributed by atoms with Crippen molar-refractivity contribution in [2.75, 3.05) is 6.54 Å². The molecule has 0 bridgehead atoms. The number of benzene rings is 1. The van der Waals surface area contributed by atoms with Crippen molar-refractivity contribution in [1.82, 2.24) is 10.6 Å². The van der Waals surface area contributed by atoms with Crippen molar-refractivity contribution < 1.29 is 9.53 Å². The highest BCUT2D eigenvalue weighted by atomic mass is 16.5. The van der Waals surface area contributed by atoms with Crippen LogP contribution in [0.5, 0.6) is 5.75 Å². The van der Waals surface area contributed by atoms with Gasteiger partial charge in [0.25, 0.3) is 5.91 Å². The average Bonchev–Trinajstić information content (AvgIpc) is 2.44. The van der Waals surface area contributed by atoms with Gasteiger partial charge in [0.15, 0.2) is 6.10 Å². The van der Waals surface area contributed by atoms with Gasteiger partial charge in [0.1, 0.15) is 5.75 Å². The summed E-state index contributed by atoms with van der Waals surface area (Å²) in [4.78, 5) is 11.9. The molecule has 116 valence electrons. The van der Waals surface area contributed by atoms with Gasteiger partial charge in [-0.05, 0) is 19.9 Å². The Bertz CT molecular complexity index is 484. The van der Waals surface area contributed by atoms with E-state index in [0.29, 0.717) is 12.6 Å². The third-order valence-corrected chi connectivity index (χ3v) is 3.01. The quantitative estimate of drug-likeness (QED) is 0.724. The Morgan fingerprint density at radius 1 is 1.38 bits per heavy atom. The van der Waals surface area contributed by atoms with Crippen LogP contribution in [0.1, 0.15) is 31.9 Å². The highest BCUT2D eigenvalue weighted by Crippen LogP contribution is 2.21. The molecule has 0 radical (unpaired) electrons. The van der Waals surface area contributed by atoms with Crippen molar-refractivity contribution in [2.45, 2.75) is 46.4 Å². The normalized spacial score (nSPS) is 12.0. The van der Waals surface area contributed by atoms with Crippen LogP contribution in [0.15, 0.2) is 30.9 Å². The molecule has 0 heterocycles. The van der Waals surface area contributed by atoms with Gasteiger partial charge in [-0.1, -0.05) is 37.6 Å². The van der Waals surface area contributed by atoms with Crippen LogP contribution in [0.25, 0.3) is 0 Å². The molecule has 0 aromatic heterocycles. The second kappa shape index (κ2) is 8.47. The predicted molar refractivity (Wildman–Crippen MR) is 86.5 cm³/mol. The standard InChI is InChI=1S/C17H26N2O2/c1-6-9-18-17(20)14(5)21-16-8-7-13(4)10-15(16)11-19-12(2)3/h6-8,10,12,14,19H,1,9,11H2,2-5H3,(H,18,20). The summed E-state index contributed by atoms with van der Waals surface area (Å²) >= 11 is 0. The molecular weight excluding hydrogens is 264 g/mol. The Hall–Kier alpha value is -1.81. The zero-order valence-electron chi connectivity index (χ0n) is 13.4. The summed E-state index contributed by atoms with van der Waals surface area (Å²) in [5.41, 5.74) is 2.23. The topological polar surface area (TPSA) is 50.4 Å². The predicted octanol–water partition coefficient (Wildman–Crippen LogP) is 2.56. The minimum absolute atomic E-state index is 0.141. The molecule has 0 saturated carbocycles. The second-order valence-electron chi connectivity index (χ2n) is 5.44. The first kappa shape index (κ1) is 17.2. The maximum atomic E-state index is 11.9. The summed E-state index contributed by atoms with van der Waals surface area (Å²) in [6.07, 6.45) is 1.11. The number of amides is 1. The minimum atomic E-state index is -0.537. The Morgan fingerprint density at radius 2 is 2.10 bits per heavy atom. The van der Waals surface area contributed by atoms with Gasteiger partial charge in [-0.3, -0.25) is 4.79 Å². The van der Waals surface area contributed by atoms with Crippen LogP contribution in [0.4, 0.5) is 0 Å². The van der Waals surface area contributed by atoms with Crippen LogP contribution in [-0.2, 0) is 11.3 Å². The Morgan fingerprint density at radius 3 is 2.71 bits per heavy atom. The molecule has 1 amide bonds. The molecular formula is C17H26N2O2. The molecule has 0 aliphatic carbocycles. The highest BCUT2D eigenvalue weighted by molar-refractivity contribution is 5.80. The van der Waals surface area contributed by atoms with E-state index in [1.165, 1.54) is 5.56 Å². The van der Waals surface area contributed by atoms with Gasteiger partial charge < -0.3 is 15.4 Å². The molecule has 0 aliphatic rings. The van der Waals surface area contributed by atoms with Crippen molar-refractivity contribution in [3.05, 3.63) is 42.0 Å². The van der Waals surface area contributed by atoms with Crippen molar-refractivity contribution >= 4 is 5.91 Å². The van der Waals surface area contributed by atoms with Gasteiger partial charge in [0.05, 0.1) is 0 Å². The molecule has 1 aromatic rings. The van der Waals surface area contributed by atoms with Gasteiger partial charge in [0.2, 0.25) is 0 Å². The summed E-state index contributed by atoms with van der Waals surface area (Å²) in [6.45, 7) is 12.7. The number of nitrogens with one attached hydrogen (secondary N) is 2. The number of ether oxygens (including phenoxy) is 1. The molecule has 0 aliphatic heterocycles. The van der Waals surface area contributed by atoms with Crippen molar-refractivity contribution in [3.8, 4) is 5.75 Å². The largest absolute Gasteiger partial charge is 0.481 e. The molecule has 0 fully saturated rings. The van der Waals surface area contributed by atoms with Gasteiger partial charge in [-0.2, -0.15) is 0 Å². The maximum Gasteiger partial charge on any atom is 0.261 e. The van der Waals surface area contributed by atoms with Crippen LogP contribution < -0.4 is 15.4 Å². The average molecular weight is 290 g/mol. The van der Waals surface area contributed by atoms with E-state index >= 15 is 0 Å². The van der Waals surface area contributed by atoms with Gasteiger partial charge in [0, 0.05) is 24.7 Å². The van der Waals surface area contributed by atoms with Crippen LogP contribution in [0.2, 0.25) is 0 Å². The zero-order chi connectivity index (χ0) is 15.8. The van der Waals surface area contributed by atoms with Crippen molar-refractivity contribution in [2.24, 2.45) is 0 Å². The van der Waals surface area contributed by atoms with Crippen LogP contribution in [0.3, 0.4) is 0 Å². The fourth-order valence-corrected chi connectivity index (χ4v) is 1.84. The SMILES string of the molecule is C=CCNC(=O)C(C)Oc1ccc(C)cc1CNC(C)C. The van der Waals surface area contributed by atoms with Crippen molar-refractivity contribution in [3.63, 3.8) is 0 Å². The number of hydrogen-bond donors (Lipinski definition) is 2. The summed E-state index contributed by atoms with van der Waals surface area (Å²) in [5, 5.41) is 6.11. The van der Waals surface area contributed by atoms with Crippen molar-refractivity contribution in [1.29, 1.82) is 0 Å². The second-order valence-corrected chi connectivity index (χ2v) is 5.44. The van der Waals surface area contributed by atoms with Gasteiger partial charge in [-0.25, -0.2) is 0 Å². The number of aryl methyl sites for hydroxylation is 1. The first-order valence-corrected chi connectivity index (χ1v) is 7.32. The Balaban J connectivity index is 2.76. The maximum absolute atomic E-state index is 11.9. The molecule has 0 saturated heterocycles. The fraction of sp³-hybridized carbons (Fsp3) is 0.471. The van der Waals surface area contributed by atoms with Crippen LogP contribution >= 0.6 is 0 Å². The fourth-order valence-electron chi connectivity index (χ4n) is 1.84. The number of carbonyl (C=O) groups is 1. The summed E-state index contributed by atoms with van der Waals surface area (Å²) in [6, 6.07) is 6.39. The van der Waals surface area contributed by atoms with E-state index in [2.05, 4.69) is 37.1 Å². The molecule has 2 N–H and O–H groups in total. The van der Waals surface area contributed by atoms with E-state index in [1.807, 2.05) is 19.1 Å². The first-order chi connectivity index (χ1) is 9.93. The third kappa shape index (κ3) is 6.00. The number of rotatable bonds is 8. The molecule has 1 rings (SSSR count). The summed E-state index contributed by atoms with van der Waals surface area (Å²) in [7, 11) is 0. The lowest BCUT2D eigenvalue weighted by atomic mass is 10.1. The van der Waals surface area contributed by atoms with Gasteiger partial charge >= 0.3 is 0 Å². The molecule has 4 nitrogen and oxygen atoms in total. The first-order valence-electron chi connectivity index (χ1n) is 7.32. The smallest absolute Gasteiger partial charge is 0.261 e. The molecule has 1 atom stereocenters. The Labute approximate surface area is 127 Å². The van der Waals surface area contributed by atoms with E-state index in [0.717, 1.165) is 17.9 Å². The monoisotopic (exact) mass is 290 g/mol. The lowest BCUT2D eigenvalue weighted by Gasteiger charge is -2.18. The minimum Gasteiger partial charge on any atom is -0.481 e. The van der Waals surface area contributed by atoms with E-state index in [9.17, 15) is 4.79 Å². The zero-order valence-corrected chi connectivity index (χ0v) is 13.4. The molecule has 1 aromatic carbocycles. The van der Waals surface area contributed by atoms with E-state index in [-0.39, 0.29) is 5.91 Å². The Kier molecular flexibility index (Phi) is 6.96.